The summed E-state index contributed by atoms with van der Waals surface area (Å²) in [4.78, 5) is 37.2. The van der Waals surface area contributed by atoms with E-state index < -0.39 is 11.9 Å². The van der Waals surface area contributed by atoms with Gasteiger partial charge in [-0.3, -0.25) is 14.4 Å². The Morgan fingerprint density at radius 1 is 0.774 bits per heavy atom. The van der Waals surface area contributed by atoms with Gasteiger partial charge in [0, 0.05) is 11.1 Å². The van der Waals surface area contributed by atoms with Crippen molar-refractivity contribution in [2.45, 2.75) is 80.7 Å². The fourth-order valence-electron chi connectivity index (χ4n) is 2.48. The second kappa shape index (κ2) is 11.1. The standard InChI is InChI=1S/C24H37NO5.ClH/c1-22(2,3)13-20(27)29-18-11-10-16(17(26)15-25-24(7,8)9)12-19(18)30-21(28)14-23(4,5)6;/h10-12,25H,13-15H2,1-9H3;1H. The number of halogens is 1. The van der Waals surface area contributed by atoms with Crippen LogP contribution in [0.3, 0.4) is 0 Å². The zero-order valence-electron chi connectivity index (χ0n) is 20.3. The van der Waals surface area contributed by atoms with Crippen LogP contribution in [-0.2, 0) is 9.59 Å². The summed E-state index contributed by atoms with van der Waals surface area (Å²) >= 11 is 0. The molecule has 7 heteroatoms. The Hall–Kier alpha value is -1.92. The molecule has 0 aliphatic carbocycles. The van der Waals surface area contributed by atoms with Gasteiger partial charge in [-0.15, -0.1) is 12.4 Å². The minimum Gasteiger partial charge on any atom is -0.422 e. The van der Waals surface area contributed by atoms with Crippen LogP contribution >= 0.6 is 12.4 Å². The topological polar surface area (TPSA) is 81.7 Å². The van der Waals surface area contributed by atoms with E-state index in [9.17, 15) is 14.4 Å². The van der Waals surface area contributed by atoms with Gasteiger partial charge in [0.25, 0.3) is 0 Å². The third-order valence-corrected chi connectivity index (χ3v) is 3.84. The van der Waals surface area contributed by atoms with Crippen LogP contribution in [0.1, 0.15) is 85.5 Å². The minimum atomic E-state index is -0.451. The number of benzene rings is 1. The Bertz CT molecular complexity index is 783. The summed E-state index contributed by atoms with van der Waals surface area (Å²) in [5.74, 6) is -0.817. The predicted octanol–water partition coefficient (Wildman–Crippen LogP) is 5.36. The van der Waals surface area contributed by atoms with Crippen molar-refractivity contribution < 1.29 is 23.9 Å². The van der Waals surface area contributed by atoms with Crippen molar-refractivity contribution in [2.24, 2.45) is 10.8 Å². The van der Waals surface area contributed by atoms with E-state index in [0.717, 1.165) is 0 Å². The number of nitrogens with one attached hydrogen (secondary N) is 1. The summed E-state index contributed by atoms with van der Waals surface area (Å²) in [6, 6.07) is 4.55. The molecule has 0 bridgehead atoms. The molecule has 0 saturated heterocycles. The molecule has 1 aromatic rings. The zero-order chi connectivity index (χ0) is 23.3. The zero-order valence-corrected chi connectivity index (χ0v) is 21.1. The van der Waals surface area contributed by atoms with Crippen LogP contribution in [0.15, 0.2) is 18.2 Å². The molecule has 0 aliphatic heterocycles. The maximum atomic E-state index is 12.6. The summed E-state index contributed by atoms with van der Waals surface area (Å²) in [6.07, 6.45) is 0.394. The van der Waals surface area contributed by atoms with E-state index >= 15 is 0 Å². The molecular weight excluding hydrogens is 418 g/mol. The molecule has 176 valence electrons. The minimum absolute atomic E-state index is 0. The number of hydrogen-bond acceptors (Lipinski definition) is 6. The average Bonchev–Trinajstić information content (AvgIpc) is 2.49. The normalized spacial score (nSPS) is 12.0. The van der Waals surface area contributed by atoms with Gasteiger partial charge in [-0.05, 0) is 49.8 Å². The highest BCUT2D eigenvalue weighted by molar-refractivity contribution is 5.98. The maximum absolute atomic E-state index is 12.6. The molecule has 0 spiro atoms. The van der Waals surface area contributed by atoms with Gasteiger partial charge >= 0.3 is 11.9 Å². The van der Waals surface area contributed by atoms with Gasteiger partial charge in [-0.1, -0.05) is 41.5 Å². The lowest BCUT2D eigenvalue weighted by molar-refractivity contribution is -0.139. The first-order valence-electron chi connectivity index (χ1n) is 10.3. The molecule has 0 aliphatic rings. The first kappa shape index (κ1) is 29.1. The summed E-state index contributed by atoms with van der Waals surface area (Å²) in [5.41, 5.74) is -0.333. The van der Waals surface area contributed by atoms with Gasteiger partial charge in [0.1, 0.15) is 0 Å². The Morgan fingerprint density at radius 2 is 1.23 bits per heavy atom. The smallest absolute Gasteiger partial charge is 0.311 e. The van der Waals surface area contributed by atoms with E-state index in [1.54, 1.807) is 6.07 Å². The van der Waals surface area contributed by atoms with Crippen LogP contribution in [0.5, 0.6) is 11.5 Å². The summed E-state index contributed by atoms with van der Waals surface area (Å²) in [7, 11) is 0. The van der Waals surface area contributed by atoms with E-state index in [1.165, 1.54) is 12.1 Å². The van der Waals surface area contributed by atoms with Crippen LogP contribution in [0.25, 0.3) is 0 Å². The van der Waals surface area contributed by atoms with Crippen molar-refractivity contribution in [1.29, 1.82) is 0 Å². The van der Waals surface area contributed by atoms with Crippen molar-refractivity contribution >= 4 is 30.1 Å². The molecule has 0 radical (unpaired) electrons. The maximum Gasteiger partial charge on any atom is 0.311 e. The molecule has 1 aromatic carbocycles. The Balaban J connectivity index is 0.00000900. The predicted molar refractivity (Wildman–Crippen MR) is 125 cm³/mol. The van der Waals surface area contributed by atoms with Crippen molar-refractivity contribution in [2.75, 3.05) is 6.54 Å². The molecule has 0 heterocycles. The van der Waals surface area contributed by atoms with Crippen molar-refractivity contribution in [3.05, 3.63) is 23.8 Å². The number of ether oxygens (including phenoxy) is 2. The molecule has 0 saturated carbocycles. The van der Waals surface area contributed by atoms with E-state index in [-0.39, 0.29) is 65.4 Å². The summed E-state index contributed by atoms with van der Waals surface area (Å²) in [6.45, 7) is 17.6. The van der Waals surface area contributed by atoms with E-state index in [0.29, 0.717) is 5.56 Å². The molecule has 1 rings (SSSR count). The highest BCUT2D eigenvalue weighted by Gasteiger charge is 2.23. The molecule has 0 amide bonds. The van der Waals surface area contributed by atoms with Crippen LogP contribution in [0.2, 0.25) is 0 Å². The molecular formula is C24H38ClNO5. The van der Waals surface area contributed by atoms with Crippen molar-refractivity contribution in [3.63, 3.8) is 0 Å². The largest absolute Gasteiger partial charge is 0.422 e. The Kier molecular flexibility index (Phi) is 10.4. The van der Waals surface area contributed by atoms with E-state index in [1.807, 2.05) is 62.3 Å². The number of carbonyl (C=O) groups is 3. The fraction of sp³-hybridized carbons (Fsp3) is 0.625. The lowest BCUT2D eigenvalue weighted by Crippen LogP contribution is -2.39. The van der Waals surface area contributed by atoms with Gasteiger partial charge in [0.2, 0.25) is 0 Å². The van der Waals surface area contributed by atoms with Crippen LogP contribution in [0, 0.1) is 10.8 Å². The highest BCUT2D eigenvalue weighted by atomic mass is 35.5. The fourth-order valence-corrected chi connectivity index (χ4v) is 2.48. The van der Waals surface area contributed by atoms with Gasteiger partial charge in [-0.25, -0.2) is 0 Å². The molecule has 31 heavy (non-hydrogen) atoms. The van der Waals surface area contributed by atoms with Crippen LogP contribution in [-0.4, -0.2) is 29.8 Å². The molecule has 0 atom stereocenters. The number of esters is 2. The first-order chi connectivity index (χ1) is 13.5. The Morgan fingerprint density at radius 3 is 1.65 bits per heavy atom. The molecule has 0 fully saturated rings. The average molecular weight is 456 g/mol. The van der Waals surface area contributed by atoms with Crippen LogP contribution in [0.4, 0.5) is 0 Å². The van der Waals surface area contributed by atoms with Gasteiger partial charge in [-0.2, -0.15) is 0 Å². The van der Waals surface area contributed by atoms with Crippen molar-refractivity contribution in [1.82, 2.24) is 5.32 Å². The highest BCUT2D eigenvalue weighted by Crippen LogP contribution is 2.31. The lowest BCUT2D eigenvalue weighted by atomic mass is 9.92. The monoisotopic (exact) mass is 455 g/mol. The van der Waals surface area contributed by atoms with Crippen LogP contribution < -0.4 is 14.8 Å². The van der Waals surface area contributed by atoms with Gasteiger partial charge in [0.05, 0.1) is 19.4 Å². The van der Waals surface area contributed by atoms with E-state index in [4.69, 9.17) is 9.47 Å². The quantitative estimate of drug-likeness (QED) is 0.338. The third-order valence-electron chi connectivity index (χ3n) is 3.84. The second-order valence-electron chi connectivity index (χ2n) is 11.1. The Labute approximate surface area is 192 Å². The number of carbonyl (C=O) groups excluding carboxylic acids is 3. The lowest BCUT2D eigenvalue weighted by Gasteiger charge is -2.20. The second-order valence-corrected chi connectivity index (χ2v) is 11.1. The molecule has 0 unspecified atom stereocenters. The number of rotatable bonds is 7. The number of ketones is 1. The molecule has 6 nitrogen and oxygen atoms in total. The third kappa shape index (κ3) is 12.5. The number of hydrogen-bond donors (Lipinski definition) is 1. The summed E-state index contributed by atoms with van der Waals surface area (Å²) in [5, 5.41) is 3.14. The van der Waals surface area contributed by atoms with E-state index in [2.05, 4.69) is 5.32 Å². The van der Waals surface area contributed by atoms with Crippen molar-refractivity contribution in [3.8, 4) is 11.5 Å². The SMILES string of the molecule is CC(C)(C)CC(=O)Oc1ccc(C(=O)CNC(C)(C)C)cc1OC(=O)CC(C)(C)C.Cl. The van der Waals surface area contributed by atoms with Gasteiger partial charge in [0.15, 0.2) is 17.3 Å². The molecule has 1 N–H and O–H groups in total. The molecule has 0 aromatic heterocycles. The summed E-state index contributed by atoms with van der Waals surface area (Å²) < 4.78 is 11.0. The first-order valence-corrected chi connectivity index (χ1v) is 10.3. The number of Topliss-reactive ketones (excluding diaryl/α,β-unsaturated/α-hetero) is 1. The van der Waals surface area contributed by atoms with Gasteiger partial charge < -0.3 is 14.8 Å².